The summed E-state index contributed by atoms with van der Waals surface area (Å²) in [5.74, 6) is 0. The SMILES string of the molecule is CCCCCCC(CC)NCC(O)c1ccc(NS(C)(=O)=O)c(Br)c1. The van der Waals surface area contributed by atoms with Crippen LogP contribution < -0.4 is 10.0 Å². The summed E-state index contributed by atoms with van der Waals surface area (Å²) in [5, 5.41) is 13.8. The van der Waals surface area contributed by atoms with Crippen LogP contribution in [0.4, 0.5) is 5.69 Å². The van der Waals surface area contributed by atoms with Gasteiger partial charge in [0.2, 0.25) is 10.0 Å². The lowest BCUT2D eigenvalue weighted by atomic mass is 10.0. The van der Waals surface area contributed by atoms with Crippen LogP contribution in [0.15, 0.2) is 22.7 Å². The molecule has 25 heavy (non-hydrogen) atoms. The van der Waals surface area contributed by atoms with Crippen LogP contribution in [0.25, 0.3) is 0 Å². The molecule has 0 saturated heterocycles. The Labute approximate surface area is 160 Å². The summed E-state index contributed by atoms with van der Waals surface area (Å²) in [6.45, 7) is 4.85. The van der Waals surface area contributed by atoms with Crippen molar-refractivity contribution in [3.63, 3.8) is 0 Å². The Morgan fingerprint density at radius 1 is 1.20 bits per heavy atom. The van der Waals surface area contributed by atoms with Gasteiger partial charge in [0.1, 0.15) is 0 Å². The predicted molar refractivity (Wildman–Crippen MR) is 108 cm³/mol. The highest BCUT2D eigenvalue weighted by Gasteiger charge is 2.13. The van der Waals surface area contributed by atoms with Gasteiger partial charge in [-0.05, 0) is 46.5 Å². The van der Waals surface area contributed by atoms with Crippen molar-refractivity contribution in [2.45, 2.75) is 64.5 Å². The van der Waals surface area contributed by atoms with Gasteiger partial charge in [-0.1, -0.05) is 45.6 Å². The van der Waals surface area contributed by atoms with Gasteiger partial charge in [-0.2, -0.15) is 0 Å². The van der Waals surface area contributed by atoms with Crippen molar-refractivity contribution in [3.8, 4) is 0 Å². The van der Waals surface area contributed by atoms with E-state index in [0.717, 1.165) is 24.7 Å². The molecule has 1 rings (SSSR count). The van der Waals surface area contributed by atoms with Gasteiger partial charge in [0.25, 0.3) is 0 Å². The van der Waals surface area contributed by atoms with Gasteiger partial charge in [0, 0.05) is 17.1 Å². The van der Waals surface area contributed by atoms with Crippen molar-refractivity contribution in [1.82, 2.24) is 5.32 Å². The molecular formula is C18H31BrN2O3S. The quantitative estimate of drug-likeness (QED) is 0.430. The molecular weight excluding hydrogens is 404 g/mol. The monoisotopic (exact) mass is 434 g/mol. The molecule has 2 atom stereocenters. The van der Waals surface area contributed by atoms with Crippen LogP contribution >= 0.6 is 15.9 Å². The summed E-state index contributed by atoms with van der Waals surface area (Å²) >= 11 is 3.35. The Bertz CT molecular complexity index is 623. The van der Waals surface area contributed by atoms with Crippen molar-refractivity contribution < 1.29 is 13.5 Å². The Balaban J connectivity index is 2.56. The Kier molecular flexibility index (Phi) is 10.0. The number of unbranched alkanes of at least 4 members (excludes halogenated alkanes) is 3. The Hall–Kier alpha value is -0.630. The molecule has 0 bridgehead atoms. The van der Waals surface area contributed by atoms with E-state index in [0.29, 0.717) is 22.7 Å². The Morgan fingerprint density at radius 3 is 2.48 bits per heavy atom. The standard InChI is InChI=1S/C18H31BrN2O3S/c1-4-6-7-8-9-15(5-2)20-13-18(22)14-10-11-17(16(19)12-14)21-25(3,23)24/h10-12,15,18,20-22H,4-9,13H2,1-3H3. The smallest absolute Gasteiger partial charge is 0.229 e. The van der Waals surface area contributed by atoms with Crippen molar-refractivity contribution in [3.05, 3.63) is 28.2 Å². The third-order valence-electron chi connectivity index (χ3n) is 4.17. The second-order valence-corrected chi connectivity index (χ2v) is 9.09. The van der Waals surface area contributed by atoms with Crippen molar-refractivity contribution in [1.29, 1.82) is 0 Å². The van der Waals surface area contributed by atoms with E-state index in [2.05, 4.69) is 39.8 Å². The van der Waals surface area contributed by atoms with Crippen LogP contribution in [0.2, 0.25) is 0 Å². The number of aliphatic hydroxyl groups excluding tert-OH is 1. The molecule has 0 spiro atoms. The largest absolute Gasteiger partial charge is 0.387 e. The summed E-state index contributed by atoms with van der Waals surface area (Å²) in [5.41, 5.74) is 1.22. The number of rotatable bonds is 12. The summed E-state index contributed by atoms with van der Waals surface area (Å²) in [6, 6.07) is 5.57. The maximum Gasteiger partial charge on any atom is 0.229 e. The fourth-order valence-electron chi connectivity index (χ4n) is 2.69. The lowest BCUT2D eigenvalue weighted by Gasteiger charge is -2.20. The number of aliphatic hydroxyl groups is 1. The molecule has 0 saturated carbocycles. The first-order chi connectivity index (χ1) is 11.8. The molecule has 0 aliphatic carbocycles. The number of anilines is 1. The highest BCUT2D eigenvalue weighted by atomic mass is 79.9. The number of hydrogen-bond donors (Lipinski definition) is 3. The van der Waals surface area contributed by atoms with Crippen LogP contribution in [-0.4, -0.2) is 32.4 Å². The summed E-state index contributed by atoms with van der Waals surface area (Å²) in [6.07, 6.45) is 7.64. The maximum atomic E-state index is 11.3. The van der Waals surface area contributed by atoms with E-state index >= 15 is 0 Å². The molecule has 0 radical (unpaired) electrons. The third-order valence-corrected chi connectivity index (χ3v) is 5.42. The fraction of sp³-hybridized carbons (Fsp3) is 0.667. The highest BCUT2D eigenvalue weighted by Crippen LogP contribution is 2.27. The van der Waals surface area contributed by atoms with Gasteiger partial charge in [0.15, 0.2) is 0 Å². The molecule has 2 unspecified atom stereocenters. The molecule has 0 amide bonds. The number of halogens is 1. The lowest BCUT2D eigenvalue weighted by Crippen LogP contribution is -2.32. The third kappa shape index (κ3) is 9.03. The molecule has 0 aliphatic heterocycles. The predicted octanol–water partition coefficient (Wildman–Crippen LogP) is 4.19. The zero-order chi connectivity index (χ0) is 18.9. The molecule has 1 aromatic carbocycles. The number of hydrogen-bond acceptors (Lipinski definition) is 4. The molecule has 0 aromatic heterocycles. The van der Waals surface area contributed by atoms with Crippen molar-refractivity contribution >= 4 is 31.6 Å². The van der Waals surface area contributed by atoms with E-state index in [1.807, 2.05) is 0 Å². The second kappa shape index (κ2) is 11.2. The van der Waals surface area contributed by atoms with Crippen LogP contribution in [-0.2, 0) is 10.0 Å². The maximum absolute atomic E-state index is 11.3. The summed E-state index contributed by atoms with van der Waals surface area (Å²) in [4.78, 5) is 0. The second-order valence-electron chi connectivity index (χ2n) is 6.49. The topological polar surface area (TPSA) is 78.4 Å². The van der Waals surface area contributed by atoms with Crippen LogP contribution in [0.1, 0.15) is 64.0 Å². The first-order valence-electron chi connectivity index (χ1n) is 8.95. The van der Waals surface area contributed by atoms with Gasteiger partial charge in [-0.15, -0.1) is 0 Å². The van der Waals surface area contributed by atoms with Gasteiger partial charge in [-0.25, -0.2) is 8.42 Å². The average molecular weight is 435 g/mol. The zero-order valence-corrected chi connectivity index (χ0v) is 17.8. The number of benzene rings is 1. The minimum atomic E-state index is -3.33. The van der Waals surface area contributed by atoms with Gasteiger partial charge < -0.3 is 10.4 Å². The molecule has 0 fully saturated rings. The van der Waals surface area contributed by atoms with Crippen LogP contribution in [0.3, 0.4) is 0 Å². The zero-order valence-electron chi connectivity index (χ0n) is 15.4. The highest BCUT2D eigenvalue weighted by molar-refractivity contribution is 9.10. The molecule has 1 aromatic rings. The van der Waals surface area contributed by atoms with E-state index in [4.69, 9.17) is 0 Å². The Morgan fingerprint density at radius 2 is 1.92 bits per heavy atom. The average Bonchev–Trinajstić information content (AvgIpc) is 2.54. The molecule has 3 N–H and O–H groups in total. The lowest BCUT2D eigenvalue weighted by molar-refractivity contribution is 0.168. The minimum absolute atomic E-state index is 0.418. The summed E-state index contributed by atoms with van der Waals surface area (Å²) < 4.78 is 25.7. The molecule has 7 heteroatoms. The van der Waals surface area contributed by atoms with E-state index in [1.54, 1.807) is 18.2 Å². The van der Waals surface area contributed by atoms with Gasteiger partial charge in [-0.3, -0.25) is 4.72 Å². The van der Waals surface area contributed by atoms with Crippen LogP contribution in [0, 0.1) is 0 Å². The minimum Gasteiger partial charge on any atom is -0.387 e. The molecule has 144 valence electrons. The molecule has 0 heterocycles. The number of nitrogens with one attached hydrogen (secondary N) is 2. The van der Waals surface area contributed by atoms with Crippen LogP contribution in [0.5, 0.6) is 0 Å². The normalized spacial score (nSPS) is 14.3. The summed E-state index contributed by atoms with van der Waals surface area (Å²) in [7, 11) is -3.33. The first-order valence-corrected chi connectivity index (χ1v) is 11.6. The van der Waals surface area contributed by atoms with E-state index in [1.165, 1.54) is 25.7 Å². The van der Waals surface area contributed by atoms with E-state index < -0.39 is 16.1 Å². The van der Waals surface area contributed by atoms with E-state index in [-0.39, 0.29) is 0 Å². The van der Waals surface area contributed by atoms with Crippen molar-refractivity contribution in [2.24, 2.45) is 0 Å². The molecule has 0 aliphatic rings. The molecule has 5 nitrogen and oxygen atoms in total. The van der Waals surface area contributed by atoms with Crippen molar-refractivity contribution in [2.75, 3.05) is 17.5 Å². The van der Waals surface area contributed by atoms with Gasteiger partial charge in [0.05, 0.1) is 18.0 Å². The first kappa shape index (κ1) is 22.4. The number of sulfonamides is 1. The van der Waals surface area contributed by atoms with E-state index in [9.17, 15) is 13.5 Å². The van der Waals surface area contributed by atoms with Gasteiger partial charge >= 0.3 is 0 Å². The fourth-order valence-corrected chi connectivity index (χ4v) is 3.89.